The lowest BCUT2D eigenvalue weighted by atomic mass is 9.97. The zero-order valence-corrected chi connectivity index (χ0v) is 19.5. The smallest absolute Gasteiger partial charge is 0.278 e. The van der Waals surface area contributed by atoms with Gasteiger partial charge in [0.05, 0.1) is 12.1 Å². The van der Waals surface area contributed by atoms with E-state index in [0.717, 1.165) is 33.5 Å². The Kier molecular flexibility index (Phi) is 6.09. The molecular formula is C26H22Cl2N2O2. The molecule has 0 spiro atoms. The van der Waals surface area contributed by atoms with Crippen LogP contribution >= 0.6 is 23.2 Å². The summed E-state index contributed by atoms with van der Waals surface area (Å²) in [6, 6.07) is 18.3. The van der Waals surface area contributed by atoms with E-state index >= 15 is 0 Å². The Labute approximate surface area is 197 Å². The highest BCUT2D eigenvalue weighted by Crippen LogP contribution is 2.34. The van der Waals surface area contributed by atoms with Crippen molar-refractivity contribution in [2.24, 2.45) is 0 Å². The van der Waals surface area contributed by atoms with Crippen molar-refractivity contribution in [1.29, 1.82) is 0 Å². The first kappa shape index (κ1) is 22.1. The Morgan fingerprint density at radius 3 is 2.12 bits per heavy atom. The molecule has 0 aromatic heterocycles. The van der Waals surface area contributed by atoms with E-state index in [-0.39, 0.29) is 24.1 Å². The number of nitrogens with zero attached hydrogens (tertiary/aromatic N) is 1. The zero-order chi connectivity index (χ0) is 23.0. The molecule has 0 unspecified atom stereocenters. The van der Waals surface area contributed by atoms with Crippen LogP contribution in [0.15, 0.2) is 66.4 Å². The molecule has 1 aliphatic heterocycles. The van der Waals surface area contributed by atoms with Crippen molar-refractivity contribution in [2.75, 3.05) is 5.32 Å². The van der Waals surface area contributed by atoms with Gasteiger partial charge in [-0.25, -0.2) is 0 Å². The van der Waals surface area contributed by atoms with Crippen molar-refractivity contribution in [3.8, 4) is 0 Å². The summed E-state index contributed by atoms with van der Waals surface area (Å²) in [5, 5.41) is 4.43. The summed E-state index contributed by atoms with van der Waals surface area (Å²) in [4.78, 5) is 28.3. The van der Waals surface area contributed by atoms with Crippen molar-refractivity contribution >= 4 is 46.3 Å². The van der Waals surface area contributed by atoms with Crippen LogP contribution in [0.3, 0.4) is 0 Å². The number of carbonyl (C=O) groups excluding carboxylic acids is 2. The molecule has 2 amide bonds. The number of nitrogens with one attached hydrogen (secondary N) is 1. The Morgan fingerprint density at radius 1 is 0.781 bits per heavy atom. The van der Waals surface area contributed by atoms with Gasteiger partial charge in [0.2, 0.25) is 0 Å². The predicted molar refractivity (Wildman–Crippen MR) is 130 cm³/mol. The fourth-order valence-corrected chi connectivity index (χ4v) is 4.21. The van der Waals surface area contributed by atoms with Gasteiger partial charge in [-0.15, -0.1) is 0 Å². The van der Waals surface area contributed by atoms with Gasteiger partial charge in [0.1, 0.15) is 5.70 Å². The predicted octanol–water partition coefficient (Wildman–Crippen LogP) is 6.31. The molecule has 3 aromatic rings. The Balaban J connectivity index is 1.79. The van der Waals surface area contributed by atoms with E-state index in [0.29, 0.717) is 15.6 Å². The number of anilines is 1. The fourth-order valence-electron chi connectivity index (χ4n) is 3.85. The second-order valence-electron chi connectivity index (χ2n) is 7.98. The molecular weight excluding hydrogens is 443 g/mol. The largest absolute Gasteiger partial charge is 0.350 e. The SMILES string of the molecule is Cc1ccc(C2=C(Nc3ccc(Cl)cc3C)C(=O)N(Cc3ccc(Cl)cc3)C2=O)c(C)c1. The van der Waals surface area contributed by atoms with E-state index in [9.17, 15) is 9.59 Å². The molecule has 0 atom stereocenters. The number of imide groups is 1. The van der Waals surface area contributed by atoms with Gasteiger partial charge in [-0.2, -0.15) is 0 Å². The molecule has 1 N–H and O–H groups in total. The van der Waals surface area contributed by atoms with Crippen molar-refractivity contribution in [3.63, 3.8) is 0 Å². The third kappa shape index (κ3) is 4.29. The maximum atomic E-state index is 13.5. The number of benzene rings is 3. The minimum absolute atomic E-state index is 0.161. The van der Waals surface area contributed by atoms with E-state index < -0.39 is 0 Å². The molecule has 6 heteroatoms. The molecule has 0 saturated heterocycles. The molecule has 162 valence electrons. The third-order valence-corrected chi connectivity index (χ3v) is 6.01. The summed E-state index contributed by atoms with van der Waals surface area (Å²) in [7, 11) is 0. The number of hydrogen-bond donors (Lipinski definition) is 1. The van der Waals surface area contributed by atoms with Gasteiger partial charge in [0.15, 0.2) is 0 Å². The summed E-state index contributed by atoms with van der Waals surface area (Å²) in [6.07, 6.45) is 0. The van der Waals surface area contributed by atoms with Crippen LogP contribution in [0.25, 0.3) is 5.57 Å². The first-order valence-corrected chi connectivity index (χ1v) is 11.0. The van der Waals surface area contributed by atoms with Crippen LogP contribution in [0.2, 0.25) is 10.0 Å². The number of aryl methyl sites for hydroxylation is 3. The van der Waals surface area contributed by atoms with E-state index in [2.05, 4.69) is 5.32 Å². The molecule has 3 aromatic carbocycles. The van der Waals surface area contributed by atoms with Gasteiger partial charge in [0, 0.05) is 15.7 Å². The maximum absolute atomic E-state index is 13.5. The zero-order valence-electron chi connectivity index (χ0n) is 18.0. The van der Waals surface area contributed by atoms with Gasteiger partial charge >= 0.3 is 0 Å². The normalized spacial score (nSPS) is 13.8. The van der Waals surface area contributed by atoms with E-state index in [1.165, 1.54) is 4.90 Å². The average Bonchev–Trinajstić information content (AvgIpc) is 2.96. The van der Waals surface area contributed by atoms with Crippen LogP contribution in [-0.4, -0.2) is 16.7 Å². The van der Waals surface area contributed by atoms with Crippen LogP contribution in [0.4, 0.5) is 5.69 Å². The van der Waals surface area contributed by atoms with Crippen LogP contribution < -0.4 is 5.32 Å². The second kappa shape index (κ2) is 8.81. The van der Waals surface area contributed by atoms with Gasteiger partial charge < -0.3 is 5.32 Å². The number of amides is 2. The first-order chi connectivity index (χ1) is 15.2. The number of carbonyl (C=O) groups is 2. The Hall–Kier alpha value is -3.08. The Bertz CT molecular complexity index is 1260. The average molecular weight is 465 g/mol. The monoisotopic (exact) mass is 464 g/mol. The molecule has 4 nitrogen and oxygen atoms in total. The highest BCUT2D eigenvalue weighted by Gasteiger charge is 2.39. The van der Waals surface area contributed by atoms with E-state index in [1.807, 2.05) is 63.2 Å². The molecule has 0 radical (unpaired) electrons. The van der Waals surface area contributed by atoms with Gasteiger partial charge in [-0.3, -0.25) is 14.5 Å². The van der Waals surface area contributed by atoms with Crippen LogP contribution in [-0.2, 0) is 16.1 Å². The minimum Gasteiger partial charge on any atom is -0.350 e. The van der Waals surface area contributed by atoms with Crippen molar-refractivity contribution in [2.45, 2.75) is 27.3 Å². The molecule has 0 bridgehead atoms. The third-order valence-electron chi connectivity index (χ3n) is 5.52. The lowest BCUT2D eigenvalue weighted by molar-refractivity contribution is -0.137. The highest BCUT2D eigenvalue weighted by atomic mass is 35.5. The van der Waals surface area contributed by atoms with Crippen molar-refractivity contribution in [3.05, 3.63) is 104 Å². The van der Waals surface area contributed by atoms with Gasteiger partial charge in [-0.05, 0) is 73.4 Å². The highest BCUT2D eigenvalue weighted by molar-refractivity contribution is 6.37. The molecule has 0 aliphatic carbocycles. The van der Waals surface area contributed by atoms with Crippen LogP contribution in [0.1, 0.15) is 27.8 Å². The fraction of sp³-hybridized carbons (Fsp3) is 0.154. The number of hydrogen-bond acceptors (Lipinski definition) is 3. The topological polar surface area (TPSA) is 49.4 Å². The summed E-state index contributed by atoms with van der Waals surface area (Å²) >= 11 is 12.1. The summed E-state index contributed by atoms with van der Waals surface area (Å²) < 4.78 is 0. The quantitative estimate of drug-likeness (QED) is 0.449. The number of rotatable bonds is 5. The maximum Gasteiger partial charge on any atom is 0.278 e. The molecule has 1 aliphatic rings. The lowest BCUT2D eigenvalue weighted by Crippen LogP contribution is -2.32. The molecule has 32 heavy (non-hydrogen) atoms. The van der Waals surface area contributed by atoms with E-state index in [1.54, 1.807) is 18.2 Å². The molecule has 0 saturated carbocycles. The Morgan fingerprint density at radius 2 is 1.47 bits per heavy atom. The summed E-state index contributed by atoms with van der Waals surface area (Å²) in [6.45, 7) is 6.00. The molecule has 1 heterocycles. The number of halogens is 2. The van der Waals surface area contributed by atoms with Crippen LogP contribution in [0.5, 0.6) is 0 Å². The van der Waals surface area contributed by atoms with Crippen molar-refractivity contribution in [1.82, 2.24) is 4.90 Å². The summed E-state index contributed by atoms with van der Waals surface area (Å²) in [5.41, 5.74) is 5.81. The first-order valence-electron chi connectivity index (χ1n) is 10.2. The standard InChI is InChI=1S/C26H22Cl2N2O2/c1-15-4-10-21(16(2)12-15)23-24(29-22-11-9-20(28)13-17(22)3)26(32)30(25(23)31)14-18-5-7-19(27)8-6-18/h4-13,29H,14H2,1-3H3. The van der Waals surface area contributed by atoms with Crippen molar-refractivity contribution < 1.29 is 9.59 Å². The van der Waals surface area contributed by atoms with Gasteiger partial charge in [-0.1, -0.05) is 59.1 Å². The summed E-state index contributed by atoms with van der Waals surface area (Å²) in [5.74, 6) is -0.694. The second-order valence-corrected chi connectivity index (χ2v) is 8.85. The molecule has 0 fully saturated rings. The minimum atomic E-state index is -0.366. The molecule has 4 rings (SSSR count). The lowest BCUT2D eigenvalue weighted by Gasteiger charge is -2.16. The van der Waals surface area contributed by atoms with Gasteiger partial charge in [0.25, 0.3) is 11.8 Å². The van der Waals surface area contributed by atoms with Crippen LogP contribution in [0, 0.1) is 20.8 Å². The van der Waals surface area contributed by atoms with E-state index in [4.69, 9.17) is 23.2 Å².